The van der Waals surface area contributed by atoms with E-state index in [9.17, 15) is 19.8 Å². The number of nitrogens with one attached hydrogen (secondary N) is 4. The van der Waals surface area contributed by atoms with Gasteiger partial charge >= 0.3 is 11.9 Å². The van der Waals surface area contributed by atoms with E-state index in [0.29, 0.717) is 44.2 Å². The van der Waals surface area contributed by atoms with Crippen LogP contribution >= 0.6 is 23.2 Å². The van der Waals surface area contributed by atoms with Crippen molar-refractivity contribution in [2.75, 3.05) is 14.1 Å². The monoisotopic (exact) mass is 1190 g/mol. The summed E-state index contributed by atoms with van der Waals surface area (Å²) in [4.78, 5) is 48.8. The molecular weight excluding hydrogens is 1130 g/mol. The van der Waals surface area contributed by atoms with Crippen LogP contribution in [0.2, 0.25) is 10.0 Å². The quantitative estimate of drug-likeness (QED) is 0.0265. The van der Waals surface area contributed by atoms with Crippen LogP contribution in [0.4, 0.5) is 0 Å². The topological polar surface area (TPSA) is 218 Å². The summed E-state index contributed by atoms with van der Waals surface area (Å²) in [6, 6.07) is 36.8. The first-order chi connectivity index (χ1) is 41.8. The van der Waals surface area contributed by atoms with E-state index in [-0.39, 0.29) is 52.4 Å². The van der Waals surface area contributed by atoms with Crippen LogP contribution in [0.3, 0.4) is 0 Å². The fourth-order valence-electron chi connectivity index (χ4n) is 10.4. The van der Waals surface area contributed by atoms with E-state index in [2.05, 4.69) is 66.5 Å². The van der Waals surface area contributed by atoms with Gasteiger partial charge in [0.25, 0.3) is 0 Å². The summed E-state index contributed by atoms with van der Waals surface area (Å²) in [5, 5.41) is 29.8. The number of aromatic amines is 2. The van der Waals surface area contributed by atoms with Crippen molar-refractivity contribution in [2.45, 2.75) is 78.3 Å². The van der Waals surface area contributed by atoms with Crippen molar-refractivity contribution in [3.8, 4) is 34.1 Å². The molecule has 0 aliphatic rings. The molecule has 0 aliphatic heterocycles. The highest BCUT2D eigenvalue weighted by Gasteiger charge is 2.24. The first kappa shape index (κ1) is 59.8. The molecule has 18 heteroatoms. The second-order valence-corrected chi connectivity index (χ2v) is 21.6. The Hall–Kier alpha value is -9.32. The largest absolute Gasteiger partial charge is 0.488 e. The summed E-state index contributed by atoms with van der Waals surface area (Å²) in [7, 11) is 3.39. The number of para-hydroxylation sites is 2. The number of ether oxygens (including phenoxy) is 4. The van der Waals surface area contributed by atoms with Gasteiger partial charge in [-0.15, -0.1) is 0 Å². The number of rotatable bonds is 27. The van der Waals surface area contributed by atoms with Crippen LogP contribution in [0.15, 0.2) is 168 Å². The number of halogens is 2. The molecule has 4 heterocycles. The van der Waals surface area contributed by atoms with Crippen LogP contribution in [0, 0.1) is 13.8 Å². The Morgan fingerprint density at radius 1 is 0.523 bits per heavy atom. The molecule has 16 nitrogen and oxygen atoms in total. The van der Waals surface area contributed by atoms with Crippen LogP contribution in [0.1, 0.15) is 66.8 Å². The van der Waals surface area contributed by atoms with Crippen molar-refractivity contribution >= 4 is 69.4 Å². The van der Waals surface area contributed by atoms with Gasteiger partial charge in [-0.05, 0) is 94.8 Å². The maximum atomic E-state index is 12.7. The summed E-state index contributed by atoms with van der Waals surface area (Å²) < 4.78 is 26.0. The van der Waals surface area contributed by atoms with E-state index >= 15 is 0 Å². The number of fused-ring (bicyclic) bond motifs is 2. The lowest BCUT2D eigenvalue weighted by Crippen LogP contribution is -2.38. The molecule has 0 spiro atoms. The third kappa shape index (κ3) is 14.6. The normalized spacial score (nSPS) is 12.3. The first-order valence-electron chi connectivity index (χ1n) is 27.9. The number of H-pyrrole nitrogens is 2. The maximum absolute atomic E-state index is 12.7. The van der Waals surface area contributed by atoms with E-state index in [4.69, 9.17) is 42.1 Å². The number of aliphatic carboxylic acids is 2. The van der Waals surface area contributed by atoms with Crippen molar-refractivity contribution < 1.29 is 38.7 Å². The van der Waals surface area contributed by atoms with Gasteiger partial charge in [0.05, 0.1) is 10.0 Å². The van der Waals surface area contributed by atoms with Crippen LogP contribution < -0.4 is 29.6 Å². The molecule has 0 aliphatic carbocycles. The van der Waals surface area contributed by atoms with Crippen molar-refractivity contribution in [3.05, 3.63) is 235 Å². The molecule has 0 fully saturated rings. The molecule has 2 atom stereocenters. The molecule has 6 N–H and O–H groups in total. The van der Waals surface area contributed by atoms with E-state index in [1.165, 1.54) is 0 Å². The van der Waals surface area contributed by atoms with Gasteiger partial charge in [0, 0.05) is 157 Å². The average molecular weight is 1190 g/mol. The number of pyridine rings is 2. The summed E-state index contributed by atoms with van der Waals surface area (Å²) in [6.07, 6.45) is 14.5. The number of hydrogen-bond acceptors (Lipinski definition) is 12. The summed E-state index contributed by atoms with van der Waals surface area (Å²) in [6.45, 7) is 5.08. The number of carboxylic acids is 2. The molecule has 0 saturated carbocycles. The number of nitrogens with zero attached hydrogens (tertiary/aromatic N) is 4. The number of aromatic nitrogens is 4. The van der Waals surface area contributed by atoms with Crippen LogP contribution in [-0.4, -0.2) is 80.7 Å². The Balaban J connectivity index is 0.857. The third-order valence-electron chi connectivity index (χ3n) is 15.0. The average Bonchev–Trinajstić information content (AvgIpc) is 2.63. The van der Waals surface area contributed by atoms with Crippen molar-refractivity contribution in [3.63, 3.8) is 0 Å². The summed E-state index contributed by atoms with van der Waals surface area (Å²) in [5.74, 6) is -0.275. The molecule has 4 aromatic heterocycles. The van der Waals surface area contributed by atoms with E-state index in [0.717, 1.165) is 88.6 Å². The fourth-order valence-corrected chi connectivity index (χ4v) is 10.9. The van der Waals surface area contributed by atoms with Gasteiger partial charge in [-0.25, -0.2) is 0 Å². The van der Waals surface area contributed by atoms with Crippen molar-refractivity contribution in [1.82, 2.24) is 30.6 Å². The lowest BCUT2D eigenvalue weighted by molar-refractivity contribution is -0.140. The molecule has 10 rings (SSSR count). The van der Waals surface area contributed by atoms with Crippen LogP contribution in [-0.2, 0) is 61.9 Å². The van der Waals surface area contributed by atoms with Gasteiger partial charge in [0.1, 0.15) is 61.5 Å². The van der Waals surface area contributed by atoms with Crippen molar-refractivity contribution in [2.24, 2.45) is 9.98 Å². The Morgan fingerprint density at radius 2 is 0.942 bits per heavy atom. The standard InChI is InChI=1S/C68H64Cl2N8O8/c1-41-47(39-85-65-25-63(83-37-45-19-43(27-71-3)29-73-31-45)51(21-57(65)69)35-77-61(67(79)80)23-49-33-75-59-17-7-5-13-55(49)59)11-9-15-53(41)54-16-10-12-48(42(54)2)40-86-66-26-64(84-38-46-20-44(28-72-4)30-74-32-46)52(22-58(66)70)36-78-62(68(81)82)24-50-34-76-60-18-8-6-14-56(50)60/h5-22,25-34,61-62,75-78H,23-24,35-40H2,1-4H3,(H,79,80)(H,81,82)/b71-27+,72-28+/t61-,62-/m0/s1. The molecule has 10 aromatic rings. The van der Waals surface area contributed by atoms with E-state index < -0.39 is 24.0 Å². The maximum Gasteiger partial charge on any atom is 0.321 e. The molecule has 0 amide bonds. The Labute approximate surface area is 507 Å². The van der Waals surface area contributed by atoms with Gasteiger partial charge in [0.15, 0.2) is 0 Å². The molecule has 0 radical (unpaired) electrons. The van der Waals surface area contributed by atoms with Crippen LogP contribution in [0.25, 0.3) is 32.9 Å². The SMILES string of the molecule is C/N=C/c1cncc(COc2cc(OCc3cccc(-c4cccc(COc5cc(OCc6cncc(/C=N/C)c6)c(CN[C@@H](Cc6c[nH]c7ccccc67)C(=O)O)cc5Cl)c4C)c3C)c(Cl)cc2CN[C@@H](Cc2c[nH]c3ccccc23)C(=O)O)c1. The Morgan fingerprint density at radius 3 is 1.36 bits per heavy atom. The summed E-state index contributed by atoms with van der Waals surface area (Å²) >= 11 is 14.0. The molecule has 438 valence electrons. The zero-order chi connectivity index (χ0) is 60.1. The van der Waals surface area contributed by atoms with Crippen LogP contribution in [0.5, 0.6) is 23.0 Å². The number of benzene rings is 6. The molecule has 0 unspecified atom stereocenters. The highest BCUT2D eigenvalue weighted by Crippen LogP contribution is 2.38. The zero-order valence-electron chi connectivity index (χ0n) is 47.9. The number of carboxylic acid groups (broad SMARTS) is 2. The zero-order valence-corrected chi connectivity index (χ0v) is 49.4. The van der Waals surface area contributed by atoms with E-state index in [1.54, 1.807) is 75.6 Å². The Kier molecular flexibility index (Phi) is 19.5. The second kappa shape index (κ2) is 28.0. The van der Waals surface area contributed by atoms with Gasteiger partial charge in [-0.2, -0.15) is 0 Å². The fraction of sp³-hybridized carbons (Fsp3) is 0.206. The second-order valence-electron chi connectivity index (χ2n) is 20.8. The smallest absolute Gasteiger partial charge is 0.321 e. The van der Waals surface area contributed by atoms with Gasteiger partial charge < -0.3 is 39.1 Å². The minimum atomic E-state index is -0.988. The highest BCUT2D eigenvalue weighted by atomic mass is 35.5. The minimum absolute atomic E-state index is 0.140. The van der Waals surface area contributed by atoms with E-state index in [1.807, 2.05) is 97.3 Å². The molecular formula is C68H64Cl2N8O8. The van der Waals surface area contributed by atoms with Gasteiger partial charge in [0.2, 0.25) is 0 Å². The predicted molar refractivity (Wildman–Crippen MR) is 338 cm³/mol. The molecule has 0 bridgehead atoms. The first-order valence-corrected chi connectivity index (χ1v) is 28.7. The lowest BCUT2D eigenvalue weighted by atomic mass is 9.92. The van der Waals surface area contributed by atoms with Crippen molar-refractivity contribution in [1.29, 1.82) is 0 Å². The molecule has 6 aromatic carbocycles. The molecule has 0 saturated heterocycles. The lowest BCUT2D eigenvalue weighted by Gasteiger charge is -2.20. The minimum Gasteiger partial charge on any atom is -0.488 e. The highest BCUT2D eigenvalue weighted by molar-refractivity contribution is 6.32. The number of hydrogen-bond donors (Lipinski definition) is 6. The van der Waals surface area contributed by atoms with Gasteiger partial charge in [-0.3, -0.25) is 40.2 Å². The third-order valence-corrected chi connectivity index (χ3v) is 15.6. The Bertz CT molecular complexity index is 3860. The number of aliphatic imine (C=N–C) groups is 2. The molecule has 86 heavy (non-hydrogen) atoms. The predicted octanol–water partition coefficient (Wildman–Crippen LogP) is 13.0. The van der Waals surface area contributed by atoms with Gasteiger partial charge in [-0.1, -0.05) is 96.0 Å². The number of carbonyl (C=O) groups is 2. The summed E-state index contributed by atoms with van der Waals surface area (Å²) in [5.41, 5.74) is 14.1.